The summed E-state index contributed by atoms with van der Waals surface area (Å²) in [5, 5.41) is 21.5. The number of imide groups is 1. The quantitative estimate of drug-likeness (QED) is 0.605. The van der Waals surface area contributed by atoms with Gasteiger partial charge in [0.2, 0.25) is 11.8 Å². The second-order valence-corrected chi connectivity index (χ2v) is 7.69. The Bertz CT molecular complexity index is 1210. The van der Waals surface area contributed by atoms with Crippen molar-refractivity contribution in [2.45, 2.75) is 18.8 Å². The van der Waals surface area contributed by atoms with Crippen molar-refractivity contribution in [3.05, 3.63) is 40.9 Å². The van der Waals surface area contributed by atoms with Crippen LogP contribution in [-0.2, 0) is 21.4 Å². The first-order valence-electron chi connectivity index (χ1n) is 9.17. The van der Waals surface area contributed by atoms with Gasteiger partial charge in [-0.05, 0) is 23.9 Å². The molecule has 10 heteroatoms. The third-order valence-electron chi connectivity index (χ3n) is 4.82. The van der Waals surface area contributed by atoms with Gasteiger partial charge in [-0.25, -0.2) is 0 Å². The molecular weight excluding hydrogens is 406 g/mol. The first-order chi connectivity index (χ1) is 14.5. The number of para-hydroxylation sites is 1. The second-order valence-electron chi connectivity index (χ2n) is 6.78. The Morgan fingerprint density at radius 3 is 3.03 bits per heavy atom. The van der Waals surface area contributed by atoms with Gasteiger partial charge in [0.15, 0.2) is 6.61 Å². The van der Waals surface area contributed by atoms with Crippen molar-refractivity contribution in [2.75, 3.05) is 11.9 Å². The van der Waals surface area contributed by atoms with Crippen molar-refractivity contribution in [3.8, 4) is 11.8 Å². The Morgan fingerprint density at radius 1 is 1.43 bits per heavy atom. The molecule has 3 aromatic rings. The number of carbonyl (C=O) groups is 3. The number of amides is 3. The molecule has 30 heavy (non-hydrogen) atoms. The molecule has 1 fully saturated rings. The Hall–Kier alpha value is -3.71. The first kappa shape index (κ1) is 19.6. The topological polar surface area (TPSA) is 126 Å². The van der Waals surface area contributed by atoms with E-state index in [2.05, 4.69) is 15.7 Å². The number of benzene rings is 1. The second kappa shape index (κ2) is 7.96. The van der Waals surface area contributed by atoms with Crippen LogP contribution in [0.25, 0.3) is 10.9 Å². The predicted molar refractivity (Wildman–Crippen MR) is 109 cm³/mol. The Kier molecular flexibility index (Phi) is 5.20. The molecule has 0 aliphatic carbocycles. The van der Waals surface area contributed by atoms with Gasteiger partial charge in [0, 0.05) is 18.9 Å². The van der Waals surface area contributed by atoms with Crippen LogP contribution in [0.5, 0.6) is 5.75 Å². The van der Waals surface area contributed by atoms with Crippen molar-refractivity contribution < 1.29 is 19.1 Å². The first-order valence-corrected chi connectivity index (χ1v) is 10.1. The van der Waals surface area contributed by atoms with Crippen molar-refractivity contribution in [1.82, 2.24) is 15.1 Å². The van der Waals surface area contributed by atoms with Gasteiger partial charge in [-0.2, -0.15) is 10.4 Å². The minimum absolute atomic E-state index is 0.249. The van der Waals surface area contributed by atoms with Gasteiger partial charge in [-0.1, -0.05) is 12.1 Å². The minimum Gasteiger partial charge on any atom is -0.481 e. The molecule has 0 saturated carbocycles. The Morgan fingerprint density at radius 2 is 2.27 bits per heavy atom. The lowest BCUT2D eigenvalue weighted by Gasteiger charge is -2.19. The molecule has 152 valence electrons. The normalized spacial score (nSPS) is 16.2. The highest BCUT2D eigenvalue weighted by Gasteiger charge is 2.32. The van der Waals surface area contributed by atoms with Crippen LogP contribution in [0.2, 0.25) is 0 Å². The van der Waals surface area contributed by atoms with E-state index in [0.29, 0.717) is 33.9 Å². The summed E-state index contributed by atoms with van der Waals surface area (Å²) in [5.41, 5.74) is 1.62. The maximum Gasteiger partial charge on any atom is 0.262 e. The number of hydrogen-bond acceptors (Lipinski definition) is 7. The van der Waals surface area contributed by atoms with E-state index >= 15 is 0 Å². The number of thiophene rings is 1. The van der Waals surface area contributed by atoms with Crippen LogP contribution in [0.4, 0.5) is 5.00 Å². The van der Waals surface area contributed by atoms with Gasteiger partial charge in [-0.3, -0.25) is 24.4 Å². The average molecular weight is 423 g/mol. The number of fused-ring (bicyclic) bond motifs is 1. The summed E-state index contributed by atoms with van der Waals surface area (Å²) < 4.78 is 7.33. The minimum atomic E-state index is -0.520. The standard InChI is InChI=1S/C20H17N5O4S/c1-25-18-12(17(24-25)13-5-6-15(26)22-19(13)28)3-2-4-14(18)29-10-16(27)23-20-11(9-21)7-8-30-20/h2-4,7-8,13H,5-6,10H2,1H3,(H,23,27)(H,22,26,28). The highest BCUT2D eigenvalue weighted by Crippen LogP contribution is 2.34. The predicted octanol–water partition coefficient (Wildman–Crippen LogP) is 2.04. The summed E-state index contributed by atoms with van der Waals surface area (Å²) in [6.07, 6.45) is 0.657. The zero-order valence-corrected chi connectivity index (χ0v) is 16.8. The molecule has 0 spiro atoms. The fraction of sp³-hybridized carbons (Fsp3) is 0.250. The average Bonchev–Trinajstić information content (AvgIpc) is 3.31. The molecule has 1 saturated heterocycles. The third-order valence-corrected chi connectivity index (χ3v) is 5.65. The van der Waals surface area contributed by atoms with Crippen molar-refractivity contribution in [1.29, 1.82) is 5.26 Å². The molecule has 1 unspecified atom stereocenters. The van der Waals surface area contributed by atoms with Gasteiger partial charge >= 0.3 is 0 Å². The molecule has 1 aliphatic rings. The van der Waals surface area contributed by atoms with Crippen molar-refractivity contribution >= 4 is 45.0 Å². The zero-order valence-electron chi connectivity index (χ0n) is 16.0. The SMILES string of the molecule is Cn1nc(C2CCC(=O)NC2=O)c2cccc(OCC(=O)Nc3sccc3C#N)c21. The van der Waals surface area contributed by atoms with E-state index < -0.39 is 11.8 Å². The van der Waals surface area contributed by atoms with E-state index in [-0.39, 0.29) is 24.8 Å². The van der Waals surface area contributed by atoms with E-state index in [1.807, 2.05) is 12.1 Å². The molecule has 9 nitrogen and oxygen atoms in total. The highest BCUT2D eigenvalue weighted by molar-refractivity contribution is 7.14. The number of nitriles is 1. The van der Waals surface area contributed by atoms with Crippen molar-refractivity contribution in [2.24, 2.45) is 7.05 Å². The molecule has 0 radical (unpaired) electrons. The van der Waals surface area contributed by atoms with Crippen LogP contribution in [0, 0.1) is 11.3 Å². The molecule has 1 atom stereocenters. The van der Waals surface area contributed by atoms with Gasteiger partial charge in [-0.15, -0.1) is 11.3 Å². The lowest BCUT2D eigenvalue weighted by Crippen LogP contribution is -2.39. The van der Waals surface area contributed by atoms with Gasteiger partial charge in [0.05, 0.1) is 17.2 Å². The highest BCUT2D eigenvalue weighted by atomic mass is 32.1. The molecule has 1 aliphatic heterocycles. The number of nitrogens with one attached hydrogen (secondary N) is 2. The zero-order chi connectivity index (χ0) is 21.3. The maximum absolute atomic E-state index is 12.3. The molecule has 3 heterocycles. The van der Waals surface area contributed by atoms with Gasteiger partial charge < -0.3 is 10.1 Å². The summed E-state index contributed by atoms with van der Waals surface area (Å²) in [4.78, 5) is 36.0. The molecule has 2 N–H and O–H groups in total. The van der Waals surface area contributed by atoms with Crippen LogP contribution in [0.3, 0.4) is 0 Å². The fourth-order valence-corrected chi connectivity index (χ4v) is 4.21. The molecule has 0 bridgehead atoms. The maximum atomic E-state index is 12.3. The third kappa shape index (κ3) is 3.62. The van der Waals surface area contributed by atoms with E-state index in [1.54, 1.807) is 35.3 Å². The van der Waals surface area contributed by atoms with E-state index in [0.717, 1.165) is 5.39 Å². The number of rotatable bonds is 5. The monoisotopic (exact) mass is 423 g/mol. The molecule has 3 amide bonds. The Labute approximate surface area is 175 Å². The number of anilines is 1. The van der Waals surface area contributed by atoms with Gasteiger partial charge in [0.1, 0.15) is 22.3 Å². The number of hydrogen-bond donors (Lipinski definition) is 2. The molecule has 1 aromatic carbocycles. The smallest absolute Gasteiger partial charge is 0.262 e. The number of piperidine rings is 1. The van der Waals surface area contributed by atoms with E-state index in [4.69, 9.17) is 10.00 Å². The van der Waals surface area contributed by atoms with Crippen LogP contribution in [-0.4, -0.2) is 34.1 Å². The van der Waals surface area contributed by atoms with Gasteiger partial charge in [0.25, 0.3) is 5.91 Å². The number of nitrogens with zero attached hydrogens (tertiary/aromatic N) is 3. The van der Waals surface area contributed by atoms with Crippen LogP contribution in [0.15, 0.2) is 29.6 Å². The number of aryl methyl sites for hydroxylation is 1. The van der Waals surface area contributed by atoms with Crippen LogP contribution >= 0.6 is 11.3 Å². The number of ether oxygens (including phenoxy) is 1. The lowest BCUT2D eigenvalue weighted by molar-refractivity contribution is -0.134. The largest absolute Gasteiger partial charge is 0.481 e. The summed E-state index contributed by atoms with van der Waals surface area (Å²) in [6.45, 7) is -0.249. The molecule has 2 aromatic heterocycles. The molecular formula is C20H17N5O4S. The van der Waals surface area contributed by atoms with E-state index in [9.17, 15) is 14.4 Å². The number of aromatic nitrogens is 2. The van der Waals surface area contributed by atoms with Crippen molar-refractivity contribution in [3.63, 3.8) is 0 Å². The number of carbonyl (C=O) groups excluding carboxylic acids is 3. The summed E-state index contributed by atoms with van der Waals surface area (Å²) >= 11 is 1.26. The summed E-state index contributed by atoms with van der Waals surface area (Å²) in [7, 11) is 1.73. The fourth-order valence-electron chi connectivity index (χ4n) is 3.46. The van der Waals surface area contributed by atoms with E-state index in [1.165, 1.54) is 11.3 Å². The van der Waals surface area contributed by atoms with Crippen LogP contribution in [0.1, 0.15) is 30.0 Å². The Balaban J connectivity index is 1.55. The van der Waals surface area contributed by atoms with Crippen LogP contribution < -0.4 is 15.4 Å². The summed E-state index contributed by atoms with van der Waals surface area (Å²) in [5.74, 6) is -1.10. The summed E-state index contributed by atoms with van der Waals surface area (Å²) in [6, 6.07) is 8.96. The molecule has 4 rings (SSSR count). The lowest BCUT2D eigenvalue weighted by atomic mass is 9.93.